The number of hydrogen-bond acceptors (Lipinski definition) is 3. The van der Waals surface area contributed by atoms with E-state index in [1.165, 1.54) is 5.57 Å². The van der Waals surface area contributed by atoms with E-state index in [4.69, 9.17) is 19.5 Å². The number of nitrogens with zero attached hydrogens (tertiary/aromatic N) is 3. The molecule has 7 heteroatoms. The fourth-order valence-electron chi connectivity index (χ4n) is 4.06. The highest BCUT2D eigenvalue weighted by atomic mass is 31.1. The highest BCUT2D eigenvalue weighted by molar-refractivity contribution is 7.30. The van der Waals surface area contributed by atoms with Gasteiger partial charge in [-0.15, -0.1) is 10.8 Å². The van der Waals surface area contributed by atoms with Gasteiger partial charge in [-0.2, -0.15) is 0 Å². The zero-order chi connectivity index (χ0) is 25.1. The summed E-state index contributed by atoms with van der Waals surface area (Å²) in [7, 11) is -3.13. The molecule has 0 bridgehead atoms. The van der Waals surface area contributed by atoms with Crippen LogP contribution in [0, 0.1) is 0 Å². The molecular formula is C28H30N3O3P. The minimum atomic E-state index is -3.13. The highest BCUT2D eigenvalue weighted by Gasteiger charge is 2.39. The third-order valence-corrected chi connectivity index (χ3v) is 5.69. The monoisotopic (exact) mass is 487 g/mol. The summed E-state index contributed by atoms with van der Waals surface area (Å²) in [6, 6.07) is 31.5. The van der Waals surface area contributed by atoms with Crippen LogP contribution < -0.4 is 0 Å². The number of aromatic nitrogens is 3. The van der Waals surface area contributed by atoms with Gasteiger partial charge in [0, 0.05) is 6.08 Å². The zero-order valence-electron chi connectivity index (χ0n) is 19.9. The van der Waals surface area contributed by atoms with Crippen molar-refractivity contribution in [2.75, 3.05) is 0 Å². The molecule has 0 spiro atoms. The largest absolute Gasteiger partial charge is 0.326 e. The van der Waals surface area contributed by atoms with Crippen LogP contribution in [0.3, 0.4) is 0 Å². The van der Waals surface area contributed by atoms with Crippen LogP contribution in [0.15, 0.2) is 109 Å². The van der Waals surface area contributed by atoms with Gasteiger partial charge in [-0.05, 0) is 35.1 Å². The summed E-state index contributed by atoms with van der Waals surface area (Å²) in [6.45, 7) is 4.30. The molecule has 0 saturated carbocycles. The van der Waals surface area contributed by atoms with Gasteiger partial charge in [0.2, 0.25) is 0 Å². The van der Waals surface area contributed by atoms with E-state index in [1.807, 2.05) is 35.3 Å². The van der Waals surface area contributed by atoms with Crippen LogP contribution >= 0.6 is 8.25 Å². The van der Waals surface area contributed by atoms with Gasteiger partial charge in [0.15, 0.2) is 5.82 Å². The molecule has 3 aromatic carbocycles. The molecule has 1 aromatic heterocycles. The fraction of sp³-hybridized carbons (Fsp3) is 0.179. The van der Waals surface area contributed by atoms with Crippen LogP contribution in [0.25, 0.3) is 6.08 Å². The van der Waals surface area contributed by atoms with Gasteiger partial charge >= 0.3 is 8.25 Å². The first-order valence-electron chi connectivity index (χ1n) is 11.5. The fourth-order valence-corrected chi connectivity index (χ4v) is 4.06. The third-order valence-electron chi connectivity index (χ3n) is 5.69. The first-order chi connectivity index (χ1) is 17.0. The second-order valence-electron chi connectivity index (χ2n) is 7.74. The molecule has 0 radical (unpaired) electrons. The second kappa shape index (κ2) is 12.8. The van der Waals surface area contributed by atoms with Gasteiger partial charge in [-0.3, -0.25) is 4.57 Å². The minimum absolute atomic E-state index is 0.634. The van der Waals surface area contributed by atoms with Crippen molar-refractivity contribution in [3.05, 3.63) is 131 Å². The van der Waals surface area contributed by atoms with Crippen LogP contribution in [0.2, 0.25) is 0 Å². The first kappa shape index (κ1) is 26.1. The molecule has 0 aliphatic heterocycles. The van der Waals surface area contributed by atoms with Gasteiger partial charge < -0.3 is 9.79 Å². The number of hydrogen-bond donors (Lipinski definition) is 2. The quantitative estimate of drug-likeness (QED) is 0.194. The SMILES string of the molecule is CCC(=C=Cc1ncn(C(c2ccccc2)(c2ccccc2)c2ccccc2)n1)CC.O=[PH](O)O. The minimum Gasteiger partial charge on any atom is -0.326 e. The lowest BCUT2D eigenvalue weighted by Gasteiger charge is -2.35. The van der Waals surface area contributed by atoms with Gasteiger partial charge in [0.25, 0.3) is 0 Å². The van der Waals surface area contributed by atoms with E-state index in [0.29, 0.717) is 5.82 Å². The Morgan fingerprint density at radius 1 is 0.857 bits per heavy atom. The Kier molecular flexibility index (Phi) is 9.54. The van der Waals surface area contributed by atoms with E-state index in [-0.39, 0.29) is 0 Å². The molecule has 0 atom stereocenters. The van der Waals surface area contributed by atoms with Crippen LogP contribution in [0.5, 0.6) is 0 Å². The van der Waals surface area contributed by atoms with Gasteiger partial charge in [-0.1, -0.05) is 105 Å². The van der Waals surface area contributed by atoms with Gasteiger partial charge in [0.1, 0.15) is 11.9 Å². The lowest BCUT2D eigenvalue weighted by atomic mass is 9.77. The Morgan fingerprint density at radius 3 is 1.63 bits per heavy atom. The Labute approximate surface area is 206 Å². The normalized spacial score (nSPS) is 10.8. The molecule has 0 amide bonds. The van der Waals surface area contributed by atoms with E-state index in [1.54, 1.807) is 0 Å². The van der Waals surface area contributed by atoms with Crippen LogP contribution in [-0.4, -0.2) is 24.6 Å². The van der Waals surface area contributed by atoms with Crippen molar-refractivity contribution in [1.82, 2.24) is 14.8 Å². The van der Waals surface area contributed by atoms with Crippen molar-refractivity contribution in [2.45, 2.75) is 32.2 Å². The van der Waals surface area contributed by atoms with E-state index >= 15 is 0 Å². The van der Waals surface area contributed by atoms with Crippen molar-refractivity contribution in [2.24, 2.45) is 0 Å². The Balaban J connectivity index is 0.000000795. The molecule has 180 valence electrons. The zero-order valence-corrected chi connectivity index (χ0v) is 20.9. The van der Waals surface area contributed by atoms with Crippen molar-refractivity contribution in [3.8, 4) is 0 Å². The molecule has 2 N–H and O–H groups in total. The second-order valence-corrected chi connectivity index (χ2v) is 8.30. The Bertz CT molecular complexity index is 1180. The standard InChI is InChI=1S/C28H27N3.H3O3P/c1-3-23(4-2)20-21-27-29-22-31(30-27)28(24-14-8-5-9-15-24,25-16-10-6-11-17-25)26-18-12-7-13-19-26;1-4(2)3/h5-19,21-22H,3-4H2,1-2H3;4H,(H2,1,2,3). The van der Waals surface area contributed by atoms with Crippen LogP contribution in [0.4, 0.5) is 0 Å². The summed E-state index contributed by atoms with van der Waals surface area (Å²) in [4.78, 5) is 18.9. The van der Waals surface area contributed by atoms with Gasteiger partial charge in [-0.25, -0.2) is 9.67 Å². The summed E-state index contributed by atoms with van der Waals surface area (Å²) in [5.74, 6) is 0.659. The molecule has 0 saturated heterocycles. The molecule has 35 heavy (non-hydrogen) atoms. The molecule has 0 aliphatic rings. The van der Waals surface area contributed by atoms with E-state index < -0.39 is 13.8 Å². The molecule has 4 aromatic rings. The summed E-state index contributed by atoms with van der Waals surface area (Å²) in [6.07, 6.45) is 5.69. The summed E-state index contributed by atoms with van der Waals surface area (Å²) >= 11 is 0. The maximum Gasteiger partial charge on any atom is 0.314 e. The molecule has 0 unspecified atom stereocenters. The molecule has 1 heterocycles. The summed E-state index contributed by atoms with van der Waals surface area (Å²) < 4.78 is 10.7. The van der Waals surface area contributed by atoms with Crippen molar-refractivity contribution in [3.63, 3.8) is 0 Å². The maximum atomic E-state index is 8.74. The van der Waals surface area contributed by atoms with Gasteiger partial charge in [0.05, 0.1) is 0 Å². The van der Waals surface area contributed by atoms with Crippen molar-refractivity contribution >= 4 is 14.3 Å². The summed E-state index contributed by atoms with van der Waals surface area (Å²) in [5, 5.41) is 4.93. The molecule has 4 rings (SSSR count). The lowest BCUT2D eigenvalue weighted by molar-refractivity contribution is 0.405. The third kappa shape index (κ3) is 6.33. The smallest absolute Gasteiger partial charge is 0.314 e. The molecule has 0 fully saturated rings. The van der Waals surface area contributed by atoms with Crippen molar-refractivity contribution in [1.29, 1.82) is 0 Å². The van der Waals surface area contributed by atoms with Crippen molar-refractivity contribution < 1.29 is 14.4 Å². The van der Waals surface area contributed by atoms with E-state index in [9.17, 15) is 0 Å². The average Bonchev–Trinajstić information content (AvgIpc) is 3.36. The number of benzene rings is 3. The highest BCUT2D eigenvalue weighted by Crippen LogP contribution is 2.40. The van der Waals surface area contributed by atoms with E-state index in [2.05, 4.69) is 97.4 Å². The number of rotatable bonds is 7. The molecule has 6 nitrogen and oxygen atoms in total. The molecular weight excluding hydrogens is 457 g/mol. The van der Waals surface area contributed by atoms with Crippen LogP contribution in [0.1, 0.15) is 49.2 Å². The Morgan fingerprint density at radius 2 is 1.26 bits per heavy atom. The summed E-state index contributed by atoms with van der Waals surface area (Å²) in [5.41, 5.74) is 7.39. The average molecular weight is 488 g/mol. The number of allylic oxidation sites excluding steroid dienone is 1. The Hall–Kier alpha value is -3.53. The van der Waals surface area contributed by atoms with Crippen LogP contribution in [-0.2, 0) is 10.1 Å². The predicted molar refractivity (Wildman–Crippen MR) is 140 cm³/mol. The lowest BCUT2D eigenvalue weighted by Crippen LogP contribution is -2.38. The predicted octanol–water partition coefficient (Wildman–Crippen LogP) is 5.84. The molecule has 0 aliphatic carbocycles. The maximum absolute atomic E-state index is 8.74. The topological polar surface area (TPSA) is 88.2 Å². The first-order valence-corrected chi connectivity index (χ1v) is 12.8. The van der Waals surface area contributed by atoms with E-state index in [0.717, 1.165) is 29.5 Å².